The maximum absolute atomic E-state index is 12.6. The maximum atomic E-state index is 12.6. The first-order chi connectivity index (χ1) is 12.3. The minimum Gasteiger partial charge on any atom is -0.454 e. The van der Waals surface area contributed by atoms with Crippen molar-refractivity contribution in [3.8, 4) is 11.5 Å². The monoisotopic (exact) mass is 333 g/mol. The summed E-state index contributed by atoms with van der Waals surface area (Å²) in [7, 11) is 0. The summed E-state index contributed by atoms with van der Waals surface area (Å²) in [5.74, 6) is 2.07. The third-order valence-electron chi connectivity index (χ3n) is 4.50. The van der Waals surface area contributed by atoms with Gasteiger partial charge in [-0.15, -0.1) is 0 Å². The van der Waals surface area contributed by atoms with E-state index in [-0.39, 0.29) is 12.7 Å². The van der Waals surface area contributed by atoms with Crippen LogP contribution in [0.4, 0.5) is 5.95 Å². The predicted octanol–water partition coefficient (Wildman–Crippen LogP) is 2.83. The molecule has 3 aromatic rings. The number of carbonyl (C=O) groups excluding carboxylic acids is 1. The Balaban J connectivity index is 1.41. The lowest BCUT2D eigenvalue weighted by atomic mass is 10.2. The summed E-state index contributed by atoms with van der Waals surface area (Å²) in [5.41, 5.74) is 2.87. The van der Waals surface area contributed by atoms with Gasteiger partial charge >= 0.3 is 0 Å². The zero-order valence-corrected chi connectivity index (χ0v) is 13.4. The summed E-state index contributed by atoms with van der Waals surface area (Å²) in [4.78, 5) is 18.9. The van der Waals surface area contributed by atoms with Crippen molar-refractivity contribution in [2.75, 3.05) is 18.2 Å². The molecular weight excluding hydrogens is 318 g/mol. The number of imidazole rings is 1. The van der Waals surface area contributed by atoms with E-state index >= 15 is 0 Å². The number of rotatable bonds is 2. The number of para-hydroxylation sites is 2. The highest BCUT2D eigenvalue weighted by molar-refractivity contribution is 6.04. The van der Waals surface area contributed by atoms with Crippen LogP contribution in [0, 0.1) is 0 Å². The number of nitrogens with zero attached hydrogens (tertiary/aromatic N) is 3. The van der Waals surface area contributed by atoms with Gasteiger partial charge in [0.1, 0.15) is 0 Å². The van der Waals surface area contributed by atoms with Gasteiger partial charge in [-0.2, -0.15) is 0 Å². The third kappa shape index (κ3) is 2.26. The summed E-state index contributed by atoms with van der Waals surface area (Å²) < 4.78 is 12.7. The summed E-state index contributed by atoms with van der Waals surface area (Å²) in [6.07, 6.45) is 3.36. The van der Waals surface area contributed by atoms with Crippen LogP contribution in [0.5, 0.6) is 11.5 Å². The first-order valence-electron chi connectivity index (χ1n) is 8.14. The molecule has 2 aliphatic heterocycles. The average Bonchev–Trinajstić information content (AvgIpc) is 3.33. The largest absolute Gasteiger partial charge is 0.454 e. The van der Waals surface area contributed by atoms with Gasteiger partial charge in [-0.3, -0.25) is 9.69 Å². The fraction of sp³-hybridized carbons (Fsp3) is 0.158. The molecule has 0 saturated heterocycles. The Labute approximate surface area is 143 Å². The Morgan fingerprint density at radius 1 is 1.08 bits per heavy atom. The first-order valence-corrected chi connectivity index (χ1v) is 8.14. The fourth-order valence-electron chi connectivity index (χ4n) is 3.27. The molecule has 6 nitrogen and oxygen atoms in total. The molecule has 2 aliphatic rings. The van der Waals surface area contributed by atoms with Crippen LogP contribution in [0.15, 0.2) is 48.5 Å². The van der Waals surface area contributed by atoms with Crippen LogP contribution in [0.1, 0.15) is 5.56 Å². The Morgan fingerprint density at radius 2 is 1.96 bits per heavy atom. The van der Waals surface area contributed by atoms with E-state index in [1.54, 1.807) is 17.1 Å². The zero-order chi connectivity index (χ0) is 16.8. The molecule has 0 atom stereocenters. The molecule has 1 aromatic heterocycles. The van der Waals surface area contributed by atoms with Crippen LogP contribution in [0.25, 0.3) is 17.1 Å². The van der Waals surface area contributed by atoms with Crippen LogP contribution in [-0.4, -0.2) is 28.8 Å². The molecule has 0 radical (unpaired) electrons. The van der Waals surface area contributed by atoms with Crippen LogP contribution in [0.3, 0.4) is 0 Å². The Morgan fingerprint density at radius 3 is 2.92 bits per heavy atom. The molecule has 0 saturated carbocycles. The lowest BCUT2D eigenvalue weighted by Crippen LogP contribution is -2.27. The van der Waals surface area contributed by atoms with Crippen molar-refractivity contribution >= 4 is 29.0 Å². The highest BCUT2D eigenvalue weighted by Gasteiger charge is 2.26. The fourth-order valence-corrected chi connectivity index (χ4v) is 3.27. The molecule has 124 valence electrons. The molecule has 0 spiro atoms. The van der Waals surface area contributed by atoms with Crippen molar-refractivity contribution in [3.05, 3.63) is 54.1 Å². The molecule has 0 unspecified atom stereocenters. The maximum Gasteiger partial charge on any atom is 0.253 e. The van der Waals surface area contributed by atoms with E-state index in [9.17, 15) is 4.79 Å². The van der Waals surface area contributed by atoms with E-state index in [0.717, 1.165) is 28.9 Å². The molecule has 25 heavy (non-hydrogen) atoms. The van der Waals surface area contributed by atoms with Crippen LogP contribution < -0.4 is 14.4 Å². The molecular formula is C19H15N3O3. The zero-order valence-electron chi connectivity index (χ0n) is 13.4. The van der Waals surface area contributed by atoms with Crippen molar-refractivity contribution in [2.24, 2.45) is 0 Å². The van der Waals surface area contributed by atoms with Crippen LogP contribution >= 0.6 is 0 Å². The van der Waals surface area contributed by atoms with E-state index in [1.165, 1.54) is 0 Å². The quantitative estimate of drug-likeness (QED) is 0.677. The molecule has 6 heteroatoms. The number of ether oxygens (including phenoxy) is 2. The number of fused-ring (bicyclic) bond motifs is 4. The minimum atomic E-state index is -0.0771. The van der Waals surface area contributed by atoms with E-state index in [4.69, 9.17) is 9.47 Å². The number of anilines is 1. The van der Waals surface area contributed by atoms with Gasteiger partial charge in [-0.25, -0.2) is 4.98 Å². The smallest absolute Gasteiger partial charge is 0.253 e. The van der Waals surface area contributed by atoms with E-state index in [1.807, 2.05) is 42.5 Å². The molecule has 0 fully saturated rings. The van der Waals surface area contributed by atoms with Gasteiger partial charge in [0.05, 0.1) is 11.0 Å². The van der Waals surface area contributed by atoms with Gasteiger partial charge in [0.15, 0.2) is 11.5 Å². The topological polar surface area (TPSA) is 56.6 Å². The minimum absolute atomic E-state index is 0.0771. The molecule has 0 N–H and O–H groups in total. The number of amides is 1. The standard InChI is InChI=1S/C19H15N3O3/c23-18(8-6-13-5-7-16-17(11-13)25-12-24-16)22-10-9-21-15-4-2-1-3-14(15)20-19(21)22/h1-8,11H,9-10,12H2/b8-6+. The van der Waals surface area contributed by atoms with Gasteiger partial charge in [-0.1, -0.05) is 18.2 Å². The van der Waals surface area contributed by atoms with E-state index in [2.05, 4.69) is 9.55 Å². The van der Waals surface area contributed by atoms with Crippen molar-refractivity contribution in [3.63, 3.8) is 0 Å². The van der Waals surface area contributed by atoms with E-state index in [0.29, 0.717) is 18.2 Å². The molecule has 0 bridgehead atoms. The summed E-state index contributed by atoms with van der Waals surface area (Å²) in [5, 5.41) is 0. The number of aromatic nitrogens is 2. The van der Waals surface area contributed by atoms with Gasteiger partial charge < -0.3 is 14.0 Å². The van der Waals surface area contributed by atoms with Crippen molar-refractivity contribution < 1.29 is 14.3 Å². The second-order valence-electron chi connectivity index (χ2n) is 5.99. The highest BCUT2D eigenvalue weighted by atomic mass is 16.7. The predicted molar refractivity (Wildman–Crippen MR) is 93.7 cm³/mol. The molecule has 5 rings (SSSR count). The second kappa shape index (κ2) is 5.37. The normalized spacial score (nSPS) is 15.3. The molecule has 0 aliphatic carbocycles. The highest BCUT2D eigenvalue weighted by Crippen LogP contribution is 2.33. The Hall–Kier alpha value is -3.28. The van der Waals surface area contributed by atoms with Crippen LogP contribution in [0.2, 0.25) is 0 Å². The van der Waals surface area contributed by atoms with Gasteiger partial charge in [0, 0.05) is 19.2 Å². The van der Waals surface area contributed by atoms with Gasteiger partial charge in [0.25, 0.3) is 5.91 Å². The molecule has 3 heterocycles. The third-order valence-corrected chi connectivity index (χ3v) is 4.50. The van der Waals surface area contributed by atoms with E-state index < -0.39 is 0 Å². The first kappa shape index (κ1) is 14.1. The number of hydrogen-bond donors (Lipinski definition) is 0. The summed E-state index contributed by atoms with van der Waals surface area (Å²) >= 11 is 0. The molecule has 2 aromatic carbocycles. The van der Waals surface area contributed by atoms with Crippen molar-refractivity contribution in [1.29, 1.82) is 0 Å². The van der Waals surface area contributed by atoms with Crippen molar-refractivity contribution in [1.82, 2.24) is 9.55 Å². The Kier molecular flexibility index (Phi) is 3.03. The summed E-state index contributed by atoms with van der Waals surface area (Å²) in [6, 6.07) is 13.6. The SMILES string of the molecule is O=C(/C=C/c1ccc2c(c1)OCO2)N1CCn2c1nc1ccccc12. The van der Waals surface area contributed by atoms with Crippen molar-refractivity contribution in [2.45, 2.75) is 6.54 Å². The van der Waals surface area contributed by atoms with Gasteiger partial charge in [0.2, 0.25) is 12.7 Å². The van der Waals surface area contributed by atoms with Gasteiger partial charge in [-0.05, 0) is 35.9 Å². The number of benzene rings is 2. The number of carbonyl (C=O) groups is 1. The Bertz CT molecular complexity index is 1020. The lowest BCUT2D eigenvalue weighted by molar-refractivity contribution is -0.114. The second-order valence-corrected chi connectivity index (χ2v) is 5.99. The average molecular weight is 333 g/mol. The summed E-state index contributed by atoms with van der Waals surface area (Å²) in [6.45, 7) is 1.64. The lowest BCUT2D eigenvalue weighted by Gasteiger charge is -2.10. The molecule has 1 amide bonds. The van der Waals surface area contributed by atoms with Crippen LogP contribution in [-0.2, 0) is 11.3 Å². The number of hydrogen-bond acceptors (Lipinski definition) is 4.